The minimum Gasteiger partial charge on any atom is -0.316 e. The summed E-state index contributed by atoms with van der Waals surface area (Å²) in [4.78, 5) is 1.50. The van der Waals surface area contributed by atoms with E-state index in [9.17, 15) is 12.8 Å². The fourth-order valence-corrected chi connectivity index (χ4v) is 5.17. The van der Waals surface area contributed by atoms with E-state index in [1.807, 2.05) is 35.9 Å². The van der Waals surface area contributed by atoms with Crippen LogP contribution in [0.15, 0.2) is 56.7 Å². The number of thioether (sulfide) groups is 1. The highest BCUT2D eigenvalue weighted by atomic mass is 32.2. The first-order valence-corrected chi connectivity index (χ1v) is 10.7. The maximum absolute atomic E-state index is 13.0. The highest BCUT2D eigenvalue weighted by Gasteiger charge is 2.14. The highest BCUT2D eigenvalue weighted by Crippen LogP contribution is 2.24. The molecular formula is C16H15FN2O2S3. The van der Waals surface area contributed by atoms with Gasteiger partial charge >= 0.3 is 0 Å². The van der Waals surface area contributed by atoms with Crippen LogP contribution in [0.1, 0.15) is 6.92 Å². The van der Waals surface area contributed by atoms with E-state index in [1.54, 1.807) is 11.8 Å². The van der Waals surface area contributed by atoms with Crippen LogP contribution in [-0.2, 0) is 16.6 Å². The van der Waals surface area contributed by atoms with Gasteiger partial charge in [0.1, 0.15) is 5.82 Å². The zero-order chi connectivity index (χ0) is 17.3. The van der Waals surface area contributed by atoms with Gasteiger partial charge in [0.25, 0.3) is 10.0 Å². The van der Waals surface area contributed by atoms with Gasteiger partial charge in [0.05, 0.1) is 15.1 Å². The van der Waals surface area contributed by atoms with Crippen molar-refractivity contribution >= 4 is 43.3 Å². The van der Waals surface area contributed by atoms with E-state index in [-0.39, 0.29) is 4.90 Å². The second-order valence-electron chi connectivity index (χ2n) is 4.98. The molecule has 2 aromatic carbocycles. The number of sulfonamides is 1. The molecule has 0 aliphatic rings. The second kappa shape index (κ2) is 6.70. The van der Waals surface area contributed by atoms with Crippen LogP contribution in [0.25, 0.3) is 10.2 Å². The number of halogens is 1. The summed E-state index contributed by atoms with van der Waals surface area (Å²) in [6, 6.07) is 10.7. The molecule has 0 aliphatic heterocycles. The maximum atomic E-state index is 13.0. The number of hydrogen-bond donors (Lipinski definition) is 0. The summed E-state index contributed by atoms with van der Waals surface area (Å²) in [5.74, 6) is -0.482. The van der Waals surface area contributed by atoms with Gasteiger partial charge in [0, 0.05) is 11.4 Å². The van der Waals surface area contributed by atoms with Crippen molar-refractivity contribution in [1.29, 1.82) is 0 Å². The minimum atomic E-state index is -3.88. The number of aromatic nitrogens is 1. The van der Waals surface area contributed by atoms with E-state index >= 15 is 0 Å². The van der Waals surface area contributed by atoms with Crippen molar-refractivity contribution in [3.8, 4) is 0 Å². The third kappa shape index (κ3) is 3.26. The fraction of sp³-hybridized carbons (Fsp3) is 0.188. The fourth-order valence-electron chi connectivity index (χ4n) is 2.32. The lowest BCUT2D eigenvalue weighted by atomic mass is 10.3. The van der Waals surface area contributed by atoms with Crippen LogP contribution in [0.4, 0.5) is 4.39 Å². The van der Waals surface area contributed by atoms with Crippen LogP contribution < -0.4 is 4.80 Å². The van der Waals surface area contributed by atoms with E-state index < -0.39 is 15.8 Å². The first-order valence-electron chi connectivity index (χ1n) is 7.18. The third-order valence-electron chi connectivity index (χ3n) is 3.52. The number of hydrogen-bond acceptors (Lipinski definition) is 4. The van der Waals surface area contributed by atoms with Crippen LogP contribution >= 0.6 is 23.1 Å². The molecular weight excluding hydrogens is 367 g/mol. The van der Waals surface area contributed by atoms with Gasteiger partial charge < -0.3 is 4.57 Å². The molecule has 0 spiro atoms. The molecule has 0 radical (unpaired) electrons. The third-order valence-corrected chi connectivity index (χ3v) is 6.68. The zero-order valence-electron chi connectivity index (χ0n) is 13.1. The van der Waals surface area contributed by atoms with Crippen LogP contribution in [-0.4, -0.2) is 19.2 Å². The Hall–Kier alpha value is -1.64. The second-order valence-corrected chi connectivity index (χ2v) is 8.48. The molecule has 0 atom stereocenters. The van der Waals surface area contributed by atoms with Gasteiger partial charge in [-0.1, -0.05) is 11.3 Å². The lowest BCUT2D eigenvalue weighted by Gasteiger charge is -2.02. The van der Waals surface area contributed by atoms with Gasteiger partial charge in [-0.2, -0.15) is 8.42 Å². The van der Waals surface area contributed by atoms with Crippen molar-refractivity contribution in [2.24, 2.45) is 4.40 Å². The van der Waals surface area contributed by atoms with Gasteiger partial charge in [-0.15, -0.1) is 16.2 Å². The summed E-state index contributed by atoms with van der Waals surface area (Å²) in [6.07, 6.45) is 1.99. The molecule has 0 bridgehead atoms. The summed E-state index contributed by atoms with van der Waals surface area (Å²) in [5, 5.41) is 0. The van der Waals surface area contributed by atoms with Crippen LogP contribution in [0.3, 0.4) is 0 Å². The number of nitrogens with zero attached hydrogens (tertiary/aromatic N) is 2. The van der Waals surface area contributed by atoms with Crippen molar-refractivity contribution in [3.63, 3.8) is 0 Å². The number of thiazole rings is 1. The molecule has 0 unspecified atom stereocenters. The molecule has 0 amide bonds. The van der Waals surface area contributed by atoms with Crippen LogP contribution in [0.5, 0.6) is 0 Å². The Bertz CT molecular complexity index is 1050. The molecule has 126 valence electrons. The Morgan fingerprint density at radius 1 is 1.21 bits per heavy atom. The molecule has 1 heterocycles. The van der Waals surface area contributed by atoms with Crippen molar-refractivity contribution in [2.75, 3.05) is 6.26 Å². The summed E-state index contributed by atoms with van der Waals surface area (Å²) < 4.78 is 44.8. The van der Waals surface area contributed by atoms with Crippen LogP contribution in [0, 0.1) is 5.82 Å². The molecule has 8 heteroatoms. The van der Waals surface area contributed by atoms with Crippen molar-refractivity contribution in [2.45, 2.75) is 23.3 Å². The summed E-state index contributed by atoms with van der Waals surface area (Å²) >= 11 is 2.96. The molecule has 0 saturated carbocycles. The van der Waals surface area contributed by atoms with Gasteiger partial charge in [0.15, 0.2) is 0 Å². The predicted molar refractivity (Wildman–Crippen MR) is 96.4 cm³/mol. The van der Waals surface area contributed by atoms with E-state index in [2.05, 4.69) is 4.40 Å². The molecule has 0 saturated heterocycles. The smallest absolute Gasteiger partial charge is 0.285 e. The lowest BCUT2D eigenvalue weighted by Crippen LogP contribution is -2.16. The first kappa shape index (κ1) is 17.2. The molecule has 24 heavy (non-hydrogen) atoms. The van der Waals surface area contributed by atoms with Crippen molar-refractivity contribution < 1.29 is 12.8 Å². The SMILES string of the molecule is CCn1c(=NS(=O)(=O)c2ccc(F)cc2)sc2cc(SC)ccc21. The lowest BCUT2D eigenvalue weighted by molar-refractivity contribution is 0.594. The van der Waals surface area contributed by atoms with E-state index in [1.165, 1.54) is 23.5 Å². The Kier molecular flexibility index (Phi) is 4.80. The Labute approximate surface area is 147 Å². The van der Waals surface area contributed by atoms with Crippen molar-refractivity contribution in [3.05, 3.63) is 53.1 Å². The average molecular weight is 383 g/mol. The maximum Gasteiger partial charge on any atom is 0.285 e. The molecule has 4 nitrogen and oxygen atoms in total. The summed E-state index contributed by atoms with van der Waals surface area (Å²) in [5.41, 5.74) is 0.952. The molecule has 1 aromatic heterocycles. The number of benzene rings is 2. The van der Waals surface area contributed by atoms with Gasteiger partial charge in [0.2, 0.25) is 4.80 Å². The van der Waals surface area contributed by atoms with E-state index in [0.717, 1.165) is 27.2 Å². The highest BCUT2D eigenvalue weighted by molar-refractivity contribution is 7.98. The standard InChI is InChI=1S/C16H15FN2O2S3/c1-3-19-14-9-6-12(22-2)10-15(14)23-16(19)18-24(20,21)13-7-4-11(17)5-8-13/h4-10H,3H2,1-2H3. The molecule has 0 aliphatic carbocycles. The minimum absolute atomic E-state index is 0.0196. The van der Waals surface area contributed by atoms with Gasteiger partial charge in [-0.05, 0) is 55.6 Å². The Morgan fingerprint density at radius 3 is 2.54 bits per heavy atom. The zero-order valence-corrected chi connectivity index (χ0v) is 15.5. The predicted octanol–water partition coefficient (Wildman–Crippen LogP) is 3.87. The molecule has 0 fully saturated rings. The molecule has 3 rings (SSSR count). The Balaban J connectivity index is 2.20. The summed E-state index contributed by atoms with van der Waals surface area (Å²) in [7, 11) is -3.88. The first-order chi connectivity index (χ1) is 11.4. The largest absolute Gasteiger partial charge is 0.316 e. The molecule has 3 aromatic rings. The number of fused-ring (bicyclic) bond motifs is 1. The number of aryl methyl sites for hydroxylation is 1. The average Bonchev–Trinajstić information content (AvgIpc) is 2.90. The number of rotatable bonds is 4. The Morgan fingerprint density at radius 2 is 1.92 bits per heavy atom. The normalized spacial score (nSPS) is 12.9. The van der Waals surface area contributed by atoms with Crippen LogP contribution in [0.2, 0.25) is 0 Å². The van der Waals surface area contributed by atoms with Gasteiger partial charge in [-0.25, -0.2) is 4.39 Å². The van der Waals surface area contributed by atoms with E-state index in [4.69, 9.17) is 0 Å². The molecule has 0 N–H and O–H groups in total. The topological polar surface area (TPSA) is 51.4 Å². The monoisotopic (exact) mass is 382 g/mol. The van der Waals surface area contributed by atoms with E-state index in [0.29, 0.717) is 11.3 Å². The van der Waals surface area contributed by atoms with Crippen molar-refractivity contribution in [1.82, 2.24) is 4.57 Å². The quantitative estimate of drug-likeness (QED) is 0.644. The van der Waals surface area contributed by atoms with Gasteiger partial charge in [-0.3, -0.25) is 0 Å². The summed E-state index contributed by atoms with van der Waals surface area (Å²) in [6.45, 7) is 2.55.